The summed E-state index contributed by atoms with van der Waals surface area (Å²) < 4.78 is 0. The molecule has 0 atom stereocenters. The number of rotatable bonds is 4. The maximum Gasteiger partial charge on any atom is 0.353 e. The summed E-state index contributed by atoms with van der Waals surface area (Å²) in [7, 11) is 3.51. The zero-order chi connectivity index (χ0) is 14.7. The fraction of sp³-hybridized carbons (Fsp3) is 0.692. The van der Waals surface area contributed by atoms with Crippen molar-refractivity contribution < 1.29 is 4.92 Å². The Hall–Kier alpha value is -1.92. The van der Waals surface area contributed by atoms with Gasteiger partial charge in [-0.05, 0) is 31.6 Å². The lowest BCUT2D eigenvalue weighted by Gasteiger charge is -2.34. The SMILES string of the molecule is CNc1ncnc(N(C)C2CCC(C)CC2)c1[N+](=O)[O-]. The lowest BCUT2D eigenvalue weighted by molar-refractivity contribution is -0.383. The number of nitrogens with one attached hydrogen (secondary N) is 1. The van der Waals surface area contributed by atoms with Crippen LogP contribution in [0.1, 0.15) is 32.6 Å². The molecular formula is C13H21N5O2. The fourth-order valence-electron chi connectivity index (χ4n) is 2.78. The van der Waals surface area contributed by atoms with Crippen LogP contribution in [-0.2, 0) is 0 Å². The average molecular weight is 279 g/mol. The summed E-state index contributed by atoms with van der Waals surface area (Å²) in [5, 5.41) is 14.1. The van der Waals surface area contributed by atoms with E-state index in [0.717, 1.165) is 31.6 Å². The van der Waals surface area contributed by atoms with Crippen molar-refractivity contribution in [3.05, 3.63) is 16.4 Å². The molecule has 0 unspecified atom stereocenters. The summed E-state index contributed by atoms with van der Waals surface area (Å²) in [6, 6.07) is 0.310. The van der Waals surface area contributed by atoms with Crippen LogP contribution < -0.4 is 10.2 Å². The van der Waals surface area contributed by atoms with Crippen molar-refractivity contribution in [3.63, 3.8) is 0 Å². The topological polar surface area (TPSA) is 84.2 Å². The molecule has 1 saturated carbocycles. The molecule has 1 aromatic heterocycles. The number of hydrogen-bond donors (Lipinski definition) is 1. The van der Waals surface area contributed by atoms with Crippen molar-refractivity contribution in [2.24, 2.45) is 5.92 Å². The molecule has 0 spiro atoms. The van der Waals surface area contributed by atoms with E-state index in [1.807, 2.05) is 11.9 Å². The molecule has 1 aliphatic carbocycles. The predicted octanol–water partition coefficient (Wildman–Crippen LogP) is 2.44. The number of aromatic nitrogens is 2. The van der Waals surface area contributed by atoms with Gasteiger partial charge in [0.2, 0.25) is 11.6 Å². The molecule has 1 N–H and O–H groups in total. The van der Waals surface area contributed by atoms with Crippen LogP contribution in [0, 0.1) is 16.0 Å². The second kappa shape index (κ2) is 6.02. The monoisotopic (exact) mass is 279 g/mol. The zero-order valence-electron chi connectivity index (χ0n) is 12.2. The third-order valence-corrected chi connectivity index (χ3v) is 4.09. The van der Waals surface area contributed by atoms with Crippen LogP contribution in [0.3, 0.4) is 0 Å². The van der Waals surface area contributed by atoms with E-state index in [2.05, 4.69) is 22.2 Å². The minimum Gasteiger partial charge on any atom is -0.367 e. The van der Waals surface area contributed by atoms with E-state index in [9.17, 15) is 10.1 Å². The van der Waals surface area contributed by atoms with Crippen LogP contribution in [0.5, 0.6) is 0 Å². The van der Waals surface area contributed by atoms with E-state index < -0.39 is 4.92 Å². The molecule has 0 saturated heterocycles. The van der Waals surface area contributed by atoms with Crippen molar-refractivity contribution in [3.8, 4) is 0 Å². The van der Waals surface area contributed by atoms with Gasteiger partial charge in [0.15, 0.2) is 0 Å². The molecule has 0 bridgehead atoms. The second-order valence-electron chi connectivity index (χ2n) is 5.43. The van der Waals surface area contributed by atoms with E-state index in [-0.39, 0.29) is 11.5 Å². The van der Waals surface area contributed by atoms with E-state index in [1.165, 1.54) is 6.33 Å². The Bertz CT molecular complexity index is 486. The lowest BCUT2D eigenvalue weighted by atomic mass is 9.87. The Morgan fingerprint density at radius 3 is 2.55 bits per heavy atom. The molecule has 0 aliphatic heterocycles. The van der Waals surface area contributed by atoms with Crippen molar-refractivity contribution in [1.82, 2.24) is 9.97 Å². The Morgan fingerprint density at radius 1 is 1.35 bits per heavy atom. The Labute approximate surface area is 118 Å². The van der Waals surface area contributed by atoms with Crippen LogP contribution in [0.2, 0.25) is 0 Å². The molecule has 0 aromatic carbocycles. The summed E-state index contributed by atoms with van der Waals surface area (Å²) in [6.45, 7) is 2.25. The molecule has 0 radical (unpaired) electrons. The first kappa shape index (κ1) is 14.5. The molecule has 1 aliphatic rings. The predicted molar refractivity (Wildman–Crippen MR) is 78.1 cm³/mol. The summed E-state index contributed by atoms with van der Waals surface area (Å²) in [5.41, 5.74) is -0.0453. The summed E-state index contributed by atoms with van der Waals surface area (Å²) in [4.78, 5) is 20.9. The highest BCUT2D eigenvalue weighted by molar-refractivity contribution is 5.70. The van der Waals surface area contributed by atoms with Gasteiger partial charge in [-0.15, -0.1) is 0 Å². The summed E-state index contributed by atoms with van der Waals surface area (Å²) in [5.74, 6) is 1.40. The molecule has 7 nitrogen and oxygen atoms in total. The Kier molecular flexibility index (Phi) is 4.36. The normalized spacial score (nSPS) is 22.4. The minimum absolute atomic E-state index is 0.0453. The average Bonchev–Trinajstić information content (AvgIpc) is 2.46. The van der Waals surface area contributed by atoms with Crippen molar-refractivity contribution in [1.29, 1.82) is 0 Å². The number of nitrogens with zero attached hydrogens (tertiary/aromatic N) is 4. The Balaban J connectivity index is 2.29. The van der Waals surface area contributed by atoms with Crippen LogP contribution in [0.25, 0.3) is 0 Å². The van der Waals surface area contributed by atoms with Gasteiger partial charge in [-0.3, -0.25) is 10.1 Å². The molecule has 110 valence electrons. The van der Waals surface area contributed by atoms with E-state index in [1.54, 1.807) is 7.05 Å². The van der Waals surface area contributed by atoms with Gasteiger partial charge in [0.05, 0.1) is 4.92 Å². The molecule has 1 aromatic rings. The molecule has 0 amide bonds. The fourth-order valence-corrected chi connectivity index (χ4v) is 2.78. The highest BCUT2D eigenvalue weighted by atomic mass is 16.6. The zero-order valence-corrected chi connectivity index (χ0v) is 12.2. The Morgan fingerprint density at radius 2 is 2.00 bits per heavy atom. The van der Waals surface area contributed by atoms with Crippen LogP contribution in [-0.4, -0.2) is 35.0 Å². The second-order valence-corrected chi connectivity index (χ2v) is 5.43. The summed E-state index contributed by atoms with van der Waals surface area (Å²) >= 11 is 0. The van der Waals surface area contributed by atoms with Gasteiger partial charge in [0.25, 0.3) is 0 Å². The van der Waals surface area contributed by atoms with Crippen molar-refractivity contribution >= 4 is 17.3 Å². The standard InChI is InChI=1S/C13H21N5O2/c1-9-4-6-10(7-5-9)17(3)13-11(18(19)20)12(14-2)15-8-16-13/h8-10H,4-7H2,1-3H3,(H,14,15,16). The van der Waals surface area contributed by atoms with Crippen LogP contribution >= 0.6 is 0 Å². The van der Waals surface area contributed by atoms with E-state index in [4.69, 9.17) is 0 Å². The smallest absolute Gasteiger partial charge is 0.353 e. The van der Waals surface area contributed by atoms with Crippen LogP contribution in [0.15, 0.2) is 6.33 Å². The highest BCUT2D eigenvalue weighted by Gasteiger charge is 2.30. The van der Waals surface area contributed by atoms with Gasteiger partial charge in [0.1, 0.15) is 6.33 Å². The number of anilines is 2. The van der Waals surface area contributed by atoms with Gasteiger partial charge < -0.3 is 10.2 Å². The lowest BCUT2D eigenvalue weighted by Crippen LogP contribution is -2.35. The van der Waals surface area contributed by atoms with Crippen molar-refractivity contribution in [2.45, 2.75) is 38.6 Å². The summed E-state index contributed by atoms with van der Waals surface area (Å²) in [6.07, 6.45) is 5.79. The molecular weight excluding hydrogens is 258 g/mol. The van der Waals surface area contributed by atoms with Gasteiger partial charge in [0, 0.05) is 20.1 Å². The first-order chi connectivity index (χ1) is 9.54. The highest BCUT2D eigenvalue weighted by Crippen LogP contribution is 2.35. The van der Waals surface area contributed by atoms with E-state index >= 15 is 0 Å². The molecule has 2 rings (SSSR count). The third-order valence-electron chi connectivity index (χ3n) is 4.09. The molecule has 1 fully saturated rings. The molecule has 1 heterocycles. The van der Waals surface area contributed by atoms with Crippen molar-refractivity contribution in [2.75, 3.05) is 24.3 Å². The first-order valence-electron chi connectivity index (χ1n) is 6.94. The van der Waals surface area contributed by atoms with Gasteiger partial charge in [-0.1, -0.05) is 6.92 Å². The van der Waals surface area contributed by atoms with Crippen LogP contribution in [0.4, 0.5) is 17.3 Å². The third kappa shape index (κ3) is 2.81. The van der Waals surface area contributed by atoms with Gasteiger partial charge in [-0.25, -0.2) is 9.97 Å². The maximum absolute atomic E-state index is 11.3. The quantitative estimate of drug-likeness (QED) is 0.673. The van der Waals surface area contributed by atoms with E-state index in [0.29, 0.717) is 11.9 Å². The minimum atomic E-state index is -0.414. The largest absolute Gasteiger partial charge is 0.367 e. The first-order valence-corrected chi connectivity index (χ1v) is 6.94. The maximum atomic E-state index is 11.3. The van der Waals surface area contributed by atoms with Gasteiger partial charge >= 0.3 is 5.69 Å². The van der Waals surface area contributed by atoms with Gasteiger partial charge in [-0.2, -0.15) is 0 Å². The molecule has 20 heavy (non-hydrogen) atoms. The molecule has 7 heteroatoms. The number of hydrogen-bond acceptors (Lipinski definition) is 6. The number of nitro groups is 1.